The van der Waals surface area contributed by atoms with E-state index in [0.717, 1.165) is 42.7 Å². The third-order valence-electron chi connectivity index (χ3n) is 3.67. The largest absolute Gasteiger partial charge is 0.490 e. The molecule has 0 aromatic heterocycles. The molecule has 2 rings (SSSR count). The highest BCUT2D eigenvalue weighted by Crippen LogP contribution is 2.33. The molecular formula is C16H23ClO3. The summed E-state index contributed by atoms with van der Waals surface area (Å²) < 4.78 is 17.2. The van der Waals surface area contributed by atoms with E-state index < -0.39 is 0 Å². The highest BCUT2D eigenvalue weighted by Gasteiger charge is 2.24. The highest BCUT2D eigenvalue weighted by molar-refractivity contribution is 6.17. The third kappa shape index (κ3) is 4.03. The van der Waals surface area contributed by atoms with Crippen LogP contribution >= 0.6 is 11.6 Å². The lowest BCUT2D eigenvalue weighted by Crippen LogP contribution is -2.29. The first-order valence-electron chi connectivity index (χ1n) is 7.28. The van der Waals surface area contributed by atoms with E-state index in [9.17, 15) is 0 Å². The van der Waals surface area contributed by atoms with Crippen molar-refractivity contribution < 1.29 is 14.2 Å². The van der Waals surface area contributed by atoms with Crippen molar-refractivity contribution in [2.75, 3.05) is 13.7 Å². The van der Waals surface area contributed by atoms with Gasteiger partial charge in [0, 0.05) is 19.4 Å². The fourth-order valence-corrected chi connectivity index (χ4v) is 2.77. The van der Waals surface area contributed by atoms with Crippen molar-refractivity contribution >= 4 is 11.6 Å². The number of alkyl halides is 1. The molecule has 1 aromatic rings. The van der Waals surface area contributed by atoms with Gasteiger partial charge in [-0.05, 0) is 43.9 Å². The Hall–Kier alpha value is -0.930. The van der Waals surface area contributed by atoms with Crippen LogP contribution in [0.4, 0.5) is 0 Å². The number of methoxy groups -OCH3 is 1. The molecule has 1 aliphatic rings. The van der Waals surface area contributed by atoms with Gasteiger partial charge in [-0.15, -0.1) is 11.6 Å². The third-order valence-corrected chi connectivity index (χ3v) is 3.98. The molecule has 1 aromatic carbocycles. The lowest BCUT2D eigenvalue weighted by Gasteiger charge is -2.29. The van der Waals surface area contributed by atoms with E-state index in [2.05, 4.69) is 0 Å². The fourth-order valence-electron chi connectivity index (χ4n) is 2.60. The first kappa shape index (κ1) is 15.5. The Labute approximate surface area is 126 Å². The van der Waals surface area contributed by atoms with E-state index >= 15 is 0 Å². The normalized spacial score (nSPS) is 22.6. The summed E-state index contributed by atoms with van der Waals surface area (Å²) in [6, 6.07) is 5.91. The molecule has 0 N–H and O–H groups in total. The standard InChI is InChI=1S/C16H23ClO3/c1-3-19-16-9-12(11-17)7-8-15(16)20-14-6-4-5-13(10-14)18-2/h7-9,13-14H,3-6,10-11H2,1-2H3. The van der Waals surface area contributed by atoms with Crippen LogP contribution in [0.2, 0.25) is 0 Å². The average Bonchev–Trinajstić information content (AvgIpc) is 2.49. The van der Waals surface area contributed by atoms with Crippen LogP contribution in [0.25, 0.3) is 0 Å². The number of hydrogen-bond acceptors (Lipinski definition) is 3. The molecule has 1 saturated carbocycles. The topological polar surface area (TPSA) is 27.7 Å². The number of ether oxygens (including phenoxy) is 3. The molecule has 20 heavy (non-hydrogen) atoms. The summed E-state index contributed by atoms with van der Waals surface area (Å²) >= 11 is 5.87. The Balaban J connectivity index is 2.07. The molecule has 1 aliphatic carbocycles. The molecule has 4 heteroatoms. The lowest BCUT2D eigenvalue weighted by molar-refractivity contribution is 0.0200. The van der Waals surface area contributed by atoms with Gasteiger partial charge in [0.15, 0.2) is 11.5 Å². The van der Waals surface area contributed by atoms with Crippen LogP contribution in [0.5, 0.6) is 11.5 Å². The maximum Gasteiger partial charge on any atom is 0.161 e. The monoisotopic (exact) mass is 298 g/mol. The van der Waals surface area contributed by atoms with E-state index in [1.165, 1.54) is 0 Å². The highest BCUT2D eigenvalue weighted by atomic mass is 35.5. The smallest absolute Gasteiger partial charge is 0.161 e. The van der Waals surface area contributed by atoms with Crippen LogP contribution in [-0.2, 0) is 10.6 Å². The van der Waals surface area contributed by atoms with Gasteiger partial charge in [-0.2, -0.15) is 0 Å². The van der Waals surface area contributed by atoms with Crippen LogP contribution in [0.1, 0.15) is 38.2 Å². The van der Waals surface area contributed by atoms with Gasteiger partial charge < -0.3 is 14.2 Å². The van der Waals surface area contributed by atoms with E-state index in [1.807, 2.05) is 25.1 Å². The summed E-state index contributed by atoms with van der Waals surface area (Å²) in [6.07, 6.45) is 4.80. The molecule has 0 amide bonds. The van der Waals surface area contributed by atoms with Crippen molar-refractivity contribution in [2.45, 2.75) is 50.7 Å². The zero-order chi connectivity index (χ0) is 14.4. The van der Waals surface area contributed by atoms with Gasteiger partial charge in [0.1, 0.15) is 6.10 Å². The van der Waals surface area contributed by atoms with Gasteiger partial charge in [0.2, 0.25) is 0 Å². The maximum absolute atomic E-state index is 6.12. The van der Waals surface area contributed by atoms with Crippen LogP contribution < -0.4 is 9.47 Å². The van der Waals surface area contributed by atoms with Gasteiger partial charge in [-0.3, -0.25) is 0 Å². The van der Waals surface area contributed by atoms with Gasteiger partial charge >= 0.3 is 0 Å². The zero-order valence-corrected chi connectivity index (χ0v) is 13.0. The first-order chi connectivity index (χ1) is 9.76. The Morgan fingerprint density at radius 1 is 1.20 bits per heavy atom. The Bertz CT molecular complexity index is 422. The summed E-state index contributed by atoms with van der Waals surface area (Å²) in [5, 5.41) is 0. The molecule has 112 valence electrons. The number of benzene rings is 1. The molecular weight excluding hydrogens is 276 g/mol. The fraction of sp³-hybridized carbons (Fsp3) is 0.625. The molecule has 0 bridgehead atoms. The Kier molecular flexibility index (Phi) is 5.99. The summed E-state index contributed by atoms with van der Waals surface area (Å²) in [5.74, 6) is 2.07. The minimum absolute atomic E-state index is 0.203. The molecule has 0 saturated heterocycles. The van der Waals surface area contributed by atoms with Gasteiger partial charge in [-0.25, -0.2) is 0 Å². The number of halogens is 1. The number of hydrogen-bond donors (Lipinski definition) is 0. The second kappa shape index (κ2) is 7.75. The number of rotatable bonds is 6. The molecule has 0 heterocycles. The summed E-state index contributed by atoms with van der Waals surface area (Å²) in [4.78, 5) is 0. The predicted molar refractivity (Wildman–Crippen MR) is 80.8 cm³/mol. The van der Waals surface area contributed by atoms with E-state index in [-0.39, 0.29) is 6.10 Å². The second-order valence-electron chi connectivity index (χ2n) is 5.11. The Morgan fingerprint density at radius 3 is 2.70 bits per heavy atom. The van der Waals surface area contributed by atoms with Crippen LogP contribution in [0, 0.1) is 0 Å². The average molecular weight is 299 g/mol. The Morgan fingerprint density at radius 2 is 2.00 bits per heavy atom. The van der Waals surface area contributed by atoms with Crippen LogP contribution in [-0.4, -0.2) is 25.9 Å². The van der Waals surface area contributed by atoms with E-state index in [4.69, 9.17) is 25.8 Å². The van der Waals surface area contributed by atoms with Crippen LogP contribution in [0.3, 0.4) is 0 Å². The summed E-state index contributed by atoms with van der Waals surface area (Å²) in [6.45, 7) is 2.59. The molecule has 0 aliphatic heterocycles. The minimum atomic E-state index is 0.203. The second-order valence-corrected chi connectivity index (χ2v) is 5.38. The minimum Gasteiger partial charge on any atom is -0.490 e. The van der Waals surface area contributed by atoms with Crippen molar-refractivity contribution in [1.82, 2.24) is 0 Å². The molecule has 1 fully saturated rings. The predicted octanol–water partition coefficient (Wildman–Crippen LogP) is 4.16. The van der Waals surface area contributed by atoms with Crippen LogP contribution in [0.15, 0.2) is 18.2 Å². The van der Waals surface area contributed by atoms with Crippen molar-refractivity contribution in [3.8, 4) is 11.5 Å². The molecule has 2 atom stereocenters. The molecule has 2 unspecified atom stereocenters. The SMILES string of the molecule is CCOc1cc(CCl)ccc1OC1CCCC(OC)C1. The van der Waals surface area contributed by atoms with E-state index in [1.54, 1.807) is 7.11 Å². The van der Waals surface area contributed by atoms with Gasteiger partial charge in [0.05, 0.1) is 12.7 Å². The van der Waals surface area contributed by atoms with Crippen molar-refractivity contribution in [1.29, 1.82) is 0 Å². The van der Waals surface area contributed by atoms with Gasteiger partial charge in [0.25, 0.3) is 0 Å². The van der Waals surface area contributed by atoms with E-state index in [0.29, 0.717) is 18.6 Å². The molecule has 3 nitrogen and oxygen atoms in total. The van der Waals surface area contributed by atoms with Gasteiger partial charge in [-0.1, -0.05) is 6.07 Å². The zero-order valence-electron chi connectivity index (χ0n) is 12.2. The molecule has 0 radical (unpaired) electrons. The first-order valence-corrected chi connectivity index (χ1v) is 7.81. The summed E-state index contributed by atoms with van der Waals surface area (Å²) in [7, 11) is 1.77. The lowest BCUT2D eigenvalue weighted by atomic mass is 9.95. The van der Waals surface area contributed by atoms with Crippen molar-refractivity contribution in [3.05, 3.63) is 23.8 Å². The maximum atomic E-state index is 6.12. The van der Waals surface area contributed by atoms with Crippen molar-refractivity contribution in [2.24, 2.45) is 0 Å². The van der Waals surface area contributed by atoms with Crippen molar-refractivity contribution in [3.63, 3.8) is 0 Å². The summed E-state index contributed by atoms with van der Waals surface area (Å²) in [5.41, 5.74) is 1.04. The molecule has 0 spiro atoms. The quantitative estimate of drug-likeness (QED) is 0.738.